The van der Waals surface area contributed by atoms with Crippen molar-refractivity contribution >= 4 is 28.0 Å². The molecular formula is C16H19NO2S2. The molecule has 2 aromatic rings. The van der Waals surface area contributed by atoms with E-state index in [-0.39, 0.29) is 5.91 Å². The van der Waals surface area contributed by atoms with Crippen LogP contribution in [-0.2, 0) is 23.1 Å². The smallest absolute Gasteiger partial charge is 0.254 e. The van der Waals surface area contributed by atoms with E-state index < -0.39 is 10.8 Å². The molecule has 5 heteroatoms. The van der Waals surface area contributed by atoms with Gasteiger partial charge in [0, 0.05) is 39.8 Å². The van der Waals surface area contributed by atoms with Crippen molar-refractivity contribution in [3.8, 4) is 0 Å². The number of carbonyl (C=O) groups is 1. The van der Waals surface area contributed by atoms with Gasteiger partial charge in [-0.15, -0.1) is 11.3 Å². The molecule has 0 saturated carbocycles. The Hall–Kier alpha value is -1.46. The quantitative estimate of drug-likeness (QED) is 0.819. The summed E-state index contributed by atoms with van der Waals surface area (Å²) in [5.41, 5.74) is 1.60. The van der Waals surface area contributed by atoms with Gasteiger partial charge in [-0.25, -0.2) is 0 Å². The van der Waals surface area contributed by atoms with Crippen LogP contribution in [0.3, 0.4) is 0 Å². The summed E-state index contributed by atoms with van der Waals surface area (Å²) in [5.74, 6) is 0.507. The average Bonchev–Trinajstić information content (AvgIpc) is 2.96. The van der Waals surface area contributed by atoms with E-state index in [0.717, 1.165) is 5.56 Å². The zero-order chi connectivity index (χ0) is 15.2. The molecule has 0 aliphatic carbocycles. The van der Waals surface area contributed by atoms with E-state index in [1.165, 1.54) is 4.88 Å². The minimum Gasteiger partial charge on any atom is -0.334 e. The summed E-state index contributed by atoms with van der Waals surface area (Å²) in [6, 6.07) is 11.5. The maximum absolute atomic E-state index is 12.6. The van der Waals surface area contributed by atoms with E-state index in [0.29, 0.717) is 24.4 Å². The van der Waals surface area contributed by atoms with Gasteiger partial charge in [0.2, 0.25) is 0 Å². The predicted octanol–water partition coefficient (Wildman–Crippen LogP) is 3.29. The topological polar surface area (TPSA) is 37.4 Å². The minimum atomic E-state index is -0.900. The highest BCUT2D eigenvalue weighted by Gasteiger charge is 2.15. The van der Waals surface area contributed by atoms with Gasteiger partial charge in [-0.1, -0.05) is 18.2 Å². The van der Waals surface area contributed by atoms with Crippen LogP contribution in [0.5, 0.6) is 0 Å². The Morgan fingerprint density at radius 1 is 1.29 bits per heavy atom. The standard InChI is InChI=1S/C16H19NO2S2/c1-3-17(11-15-8-5-9-20-15)16(18)14-7-4-6-13(10-14)12-21(2)19/h4-10H,3,11-12H2,1-2H3. The predicted molar refractivity (Wildman–Crippen MR) is 88.9 cm³/mol. The Labute approximate surface area is 132 Å². The van der Waals surface area contributed by atoms with Gasteiger partial charge in [-0.05, 0) is 36.1 Å². The molecule has 1 unspecified atom stereocenters. The molecule has 112 valence electrons. The second-order valence-electron chi connectivity index (χ2n) is 4.82. The molecule has 0 radical (unpaired) electrons. The first kappa shape index (κ1) is 15.9. The van der Waals surface area contributed by atoms with Crippen molar-refractivity contribution in [1.29, 1.82) is 0 Å². The summed E-state index contributed by atoms with van der Waals surface area (Å²) < 4.78 is 11.3. The largest absolute Gasteiger partial charge is 0.334 e. The Balaban J connectivity index is 2.15. The third kappa shape index (κ3) is 4.51. The lowest BCUT2D eigenvalue weighted by atomic mass is 10.1. The number of hydrogen-bond donors (Lipinski definition) is 0. The van der Waals surface area contributed by atoms with Crippen molar-refractivity contribution in [2.75, 3.05) is 12.8 Å². The molecule has 0 saturated heterocycles. The minimum absolute atomic E-state index is 0.0228. The molecule has 0 fully saturated rings. The zero-order valence-electron chi connectivity index (χ0n) is 12.2. The van der Waals surface area contributed by atoms with E-state index >= 15 is 0 Å². The number of carbonyl (C=O) groups excluding carboxylic acids is 1. The number of hydrogen-bond acceptors (Lipinski definition) is 3. The monoisotopic (exact) mass is 321 g/mol. The van der Waals surface area contributed by atoms with Gasteiger partial charge in [0.1, 0.15) is 0 Å². The van der Waals surface area contributed by atoms with E-state index in [1.807, 2.05) is 53.6 Å². The summed E-state index contributed by atoms with van der Waals surface area (Å²) >= 11 is 1.66. The van der Waals surface area contributed by atoms with Crippen molar-refractivity contribution < 1.29 is 9.00 Å². The first-order valence-electron chi connectivity index (χ1n) is 6.80. The number of benzene rings is 1. The van der Waals surface area contributed by atoms with E-state index in [2.05, 4.69) is 0 Å². The maximum atomic E-state index is 12.6. The highest BCUT2D eigenvalue weighted by Crippen LogP contribution is 2.15. The highest BCUT2D eigenvalue weighted by molar-refractivity contribution is 7.83. The van der Waals surface area contributed by atoms with Gasteiger partial charge < -0.3 is 4.90 Å². The third-order valence-corrected chi connectivity index (χ3v) is 4.74. The van der Waals surface area contributed by atoms with Crippen LogP contribution in [-0.4, -0.2) is 27.8 Å². The van der Waals surface area contributed by atoms with Crippen molar-refractivity contribution in [2.24, 2.45) is 0 Å². The molecule has 3 nitrogen and oxygen atoms in total. The summed E-state index contributed by atoms with van der Waals surface area (Å²) in [5, 5.41) is 2.02. The Morgan fingerprint density at radius 3 is 2.71 bits per heavy atom. The fourth-order valence-corrected chi connectivity index (χ4v) is 3.50. The number of amides is 1. The first-order chi connectivity index (χ1) is 10.1. The molecule has 21 heavy (non-hydrogen) atoms. The summed E-state index contributed by atoms with van der Waals surface area (Å²) in [7, 11) is -0.900. The molecule has 1 atom stereocenters. The molecule has 1 heterocycles. The Bertz CT molecular complexity index is 623. The van der Waals surface area contributed by atoms with E-state index in [4.69, 9.17) is 0 Å². The molecule has 1 amide bonds. The van der Waals surface area contributed by atoms with Crippen molar-refractivity contribution in [3.63, 3.8) is 0 Å². The normalized spacial score (nSPS) is 12.1. The lowest BCUT2D eigenvalue weighted by Crippen LogP contribution is -2.30. The van der Waals surface area contributed by atoms with Crippen LogP contribution in [0.25, 0.3) is 0 Å². The summed E-state index contributed by atoms with van der Waals surface area (Å²) in [6.45, 7) is 3.29. The molecule has 0 aliphatic rings. The van der Waals surface area contributed by atoms with Gasteiger partial charge in [-0.2, -0.15) is 0 Å². The zero-order valence-corrected chi connectivity index (χ0v) is 13.9. The second-order valence-corrected chi connectivity index (χ2v) is 7.28. The SMILES string of the molecule is CCN(Cc1cccs1)C(=O)c1cccc(CS(C)=O)c1. The Kier molecular flexibility index (Phi) is 5.70. The number of thiophene rings is 1. The first-order valence-corrected chi connectivity index (χ1v) is 9.41. The van der Waals surface area contributed by atoms with Crippen LogP contribution in [0.4, 0.5) is 0 Å². The lowest BCUT2D eigenvalue weighted by molar-refractivity contribution is 0.0754. The van der Waals surface area contributed by atoms with Crippen LogP contribution in [0.15, 0.2) is 41.8 Å². The van der Waals surface area contributed by atoms with E-state index in [1.54, 1.807) is 17.6 Å². The van der Waals surface area contributed by atoms with Gasteiger partial charge in [0.25, 0.3) is 5.91 Å². The van der Waals surface area contributed by atoms with Crippen molar-refractivity contribution in [3.05, 3.63) is 57.8 Å². The average molecular weight is 321 g/mol. The fourth-order valence-electron chi connectivity index (χ4n) is 2.13. The van der Waals surface area contributed by atoms with Crippen molar-refractivity contribution in [1.82, 2.24) is 4.90 Å². The van der Waals surface area contributed by atoms with Crippen molar-refractivity contribution in [2.45, 2.75) is 19.2 Å². The molecule has 1 aromatic heterocycles. The van der Waals surface area contributed by atoms with Gasteiger partial charge in [0.05, 0.1) is 6.54 Å². The van der Waals surface area contributed by atoms with Gasteiger partial charge >= 0.3 is 0 Å². The number of rotatable bonds is 6. The van der Waals surface area contributed by atoms with Crippen LogP contribution >= 0.6 is 11.3 Å². The lowest BCUT2D eigenvalue weighted by Gasteiger charge is -2.20. The van der Waals surface area contributed by atoms with Crippen LogP contribution < -0.4 is 0 Å². The molecule has 0 bridgehead atoms. The maximum Gasteiger partial charge on any atom is 0.254 e. The van der Waals surface area contributed by atoms with Crippen LogP contribution in [0, 0.1) is 0 Å². The van der Waals surface area contributed by atoms with E-state index in [9.17, 15) is 9.00 Å². The molecular weight excluding hydrogens is 302 g/mol. The third-order valence-electron chi connectivity index (χ3n) is 3.14. The molecule has 0 N–H and O–H groups in total. The molecule has 0 spiro atoms. The van der Waals surface area contributed by atoms with Gasteiger partial charge in [-0.3, -0.25) is 9.00 Å². The molecule has 0 aliphatic heterocycles. The summed E-state index contributed by atoms with van der Waals surface area (Å²) in [6.07, 6.45) is 1.67. The number of nitrogens with zero attached hydrogens (tertiary/aromatic N) is 1. The molecule has 2 rings (SSSR count). The molecule has 1 aromatic carbocycles. The fraction of sp³-hybridized carbons (Fsp3) is 0.312. The van der Waals surface area contributed by atoms with Gasteiger partial charge in [0.15, 0.2) is 0 Å². The Morgan fingerprint density at radius 2 is 2.10 bits per heavy atom. The summed E-state index contributed by atoms with van der Waals surface area (Å²) in [4.78, 5) is 15.6. The van der Waals surface area contributed by atoms with Crippen LogP contribution in [0.2, 0.25) is 0 Å². The van der Waals surface area contributed by atoms with Crippen LogP contribution in [0.1, 0.15) is 27.7 Å². The second kappa shape index (κ2) is 7.52. The highest BCUT2D eigenvalue weighted by atomic mass is 32.2.